The topological polar surface area (TPSA) is 134 Å². The standard InChI is InChI=1S/C10H14N2O2.C8H10N2O3/c1-10(2,3)14-9(13)12-8-5-4-6-11-7-8;11-4-2-6-1-3-9-5-7(6)10-8(12)13/h4-7H,1-3H3,(H,12,13);1,3,5,10-11H,2,4H2,(H,12,13). The molecule has 0 atom stereocenters. The molecule has 0 aromatic carbocycles. The van der Waals surface area contributed by atoms with Crippen LogP contribution in [0.3, 0.4) is 0 Å². The van der Waals surface area contributed by atoms with Gasteiger partial charge in [0.2, 0.25) is 0 Å². The molecule has 0 aliphatic rings. The first-order valence-corrected chi connectivity index (χ1v) is 8.15. The van der Waals surface area contributed by atoms with Crippen molar-refractivity contribution in [2.45, 2.75) is 32.8 Å². The van der Waals surface area contributed by atoms with E-state index in [-0.39, 0.29) is 6.61 Å². The van der Waals surface area contributed by atoms with Gasteiger partial charge in [0.15, 0.2) is 0 Å². The van der Waals surface area contributed by atoms with Crippen molar-refractivity contribution in [3.8, 4) is 0 Å². The fraction of sp³-hybridized carbons (Fsp3) is 0.333. The molecule has 9 nitrogen and oxygen atoms in total. The first kappa shape index (κ1) is 21.8. The summed E-state index contributed by atoms with van der Waals surface area (Å²) in [6.45, 7) is 5.43. The van der Waals surface area contributed by atoms with E-state index in [1.807, 2.05) is 20.8 Å². The first-order chi connectivity index (χ1) is 12.7. The summed E-state index contributed by atoms with van der Waals surface area (Å²) in [4.78, 5) is 29.2. The largest absolute Gasteiger partial charge is 0.465 e. The molecule has 2 amide bonds. The van der Waals surface area contributed by atoms with Gasteiger partial charge in [-0.05, 0) is 51.0 Å². The molecule has 0 radical (unpaired) electrons. The van der Waals surface area contributed by atoms with E-state index in [0.717, 1.165) is 5.56 Å². The number of rotatable bonds is 4. The van der Waals surface area contributed by atoms with Crippen LogP contribution in [0.1, 0.15) is 26.3 Å². The van der Waals surface area contributed by atoms with Crippen LogP contribution >= 0.6 is 0 Å². The van der Waals surface area contributed by atoms with Crippen LogP contribution in [0.15, 0.2) is 43.0 Å². The highest BCUT2D eigenvalue weighted by Crippen LogP contribution is 2.13. The third-order valence-corrected chi connectivity index (χ3v) is 2.84. The minimum atomic E-state index is -1.13. The van der Waals surface area contributed by atoms with Crippen molar-refractivity contribution in [2.75, 3.05) is 17.2 Å². The molecule has 0 aliphatic carbocycles. The van der Waals surface area contributed by atoms with Crippen LogP contribution in [-0.4, -0.2) is 44.6 Å². The molecule has 0 bridgehead atoms. The quantitative estimate of drug-likeness (QED) is 0.644. The van der Waals surface area contributed by atoms with Crippen LogP contribution in [0.4, 0.5) is 21.0 Å². The van der Waals surface area contributed by atoms with Crippen molar-refractivity contribution in [2.24, 2.45) is 0 Å². The number of nitrogens with zero attached hydrogens (tertiary/aromatic N) is 2. The van der Waals surface area contributed by atoms with Gasteiger partial charge in [-0.15, -0.1) is 0 Å². The van der Waals surface area contributed by atoms with Gasteiger partial charge in [-0.3, -0.25) is 20.6 Å². The van der Waals surface area contributed by atoms with Gasteiger partial charge >= 0.3 is 12.2 Å². The lowest BCUT2D eigenvalue weighted by Crippen LogP contribution is -2.27. The van der Waals surface area contributed by atoms with Crippen LogP contribution in [0.2, 0.25) is 0 Å². The molecular weight excluding hydrogens is 352 g/mol. The summed E-state index contributed by atoms with van der Waals surface area (Å²) in [7, 11) is 0. The number of carbonyl (C=O) groups is 2. The van der Waals surface area contributed by atoms with E-state index < -0.39 is 17.8 Å². The molecule has 0 saturated heterocycles. The van der Waals surface area contributed by atoms with Crippen LogP contribution in [0.5, 0.6) is 0 Å². The first-order valence-electron chi connectivity index (χ1n) is 8.15. The predicted molar refractivity (Wildman–Crippen MR) is 101 cm³/mol. The Bertz CT molecular complexity index is 732. The molecule has 0 saturated carbocycles. The number of aliphatic hydroxyl groups excluding tert-OH is 1. The number of carbonyl (C=O) groups excluding carboxylic acids is 1. The van der Waals surface area contributed by atoms with Gasteiger partial charge in [0.05, 0.1) is 23.8 Å². The number of aliphatic hydroxyl groups is 1. The Kier molecular flexibility index (Phi) is 8.67. The van der Waals surface area contributed by atoms with E-state index in [2.05, 4.69) is 20.6 Å². The summed E-state index contributed by atoms with van der Waals surface area (Å²) in [5.74, 6) is 0. The van der Waals surface area contributed by atoms with Crippen molar-refractivity contribution in [1.29, 1.82) is 0 Å². The molecule has 2 aromatic heterocycles. The average molecular weight is 376 g/mol. The number of aromatic nitrogens is 2. The number of hydrogen-bond acceptors (Lipinski definition) is 6. The third-order valence-electron chi connectivity index (χ3n) is 2.84. The number of amides is 2. The maximum atomic E-state index is 11.3. The maximum absolute atomic E-state index is 11.3. The highest BCUT2D eigenvalue weighted by Gasteiger charge is 2.15. The second kappa shape index (κ2) is 10.7. The number of nitrogens with one attached hydrogen (secondary N) is 2. The van der Waals surface area contributed by atoms with Crippen LogP contribution in [-0.2, 0) is 11.2 Å². The van der Waals surface area contributed by atoms with Crippen molar-refractivity contribution >= 4 is 23.6 Å². The fourth-order valence-electron chi connectivity index (χ4n) is 1.85. The fourth-order valence-corrected chi connectivity index (χ4v) is 1.85. The number of pyridine rings is 2. The van der Waals surface area contributed by atoms with Gasteiger partial charge in [-0.1, -0.05) is 0 Å². The monoisotopic (exact) mass is 376 g/mol. The molecule has 2 heterocycles. The zero-order valence-corrected chi connectivity index (χ0v) is 15.5. The summed E-state index contributed by atoms with van der Waals surface area (Å²) in [6.07, 6.45) is 4.98. The normalized spacial score (nSPS) is 10.2. The SMILES string of the molecule is CC(C)(C)OC(=O)Nc1cccnc1.O=C(O)Nc1cnccc1CCO. The van der Waals surface area contributed by atoms with Gasteiger partial charge in [-0.25, -0.2) is 9.59 Å². The number of ether oxygens (including phenoxy) is 1. The van der Waals surface area contributed by atoms with E-state index in [1.54, 1.807) is 36.8 Å². The zero-order valence-electron chi connectivity index (χ0n) is 15.5. The summed E-state index contributed by atoms with van der Waals surface area (Å²) >= 11 is 0. The lowest BCUT2D eigenvalue weighted by Gasteiger charge is -2.19. The number of hydrogen-bond donors (Lipinski definition) is 4. The van der Waals surface area contributed by atoms with Gasteiger partial charge in [0, 0.05) is 19.0 Å². The highest BCUT2D eigenvalue weighted by molar-refractivity contribution is 5.84. The summed E-state index contributed by atoms with van der Waals surface area (Å²) in [5.41, 5.74) is 1.30. The van der Waals surface area contributed by atoms with Crippen molar-refractivity contribution in [3.05, 3.63) is 48.5 Å². The minimum absolute atomic E-state index is 0.0156. The van der Waals surface area contributed by atoms with E-state index in [4.69, 9.17) is 14.9 Å². The molecule has 4 N–H and O–H groups in total. The molecule has 2 rings (SSSR count). The van der Waals surface area contributed by atoms with Gasteiger partial charge in [0.1, 0.15) is 5.60 Å². The zero-order chi connectivity index (χ0) is 20.3. The van der Waals surface area contributed by atoms with Gasteiger partial charge in [0.25, 0.3) is 0 Å². The number of anilines is 2. The highest BCUT2D eigenvalue weighted by atomic mass is 16.6. The second-order valence-electron chi connectivity index (χ2n) is 6.31. The Morgan fingerprint density at radius 3 is 2.37 bits per heavy atom. The summed E-state index contributed by atoms with van der Waals surface area (Å²) < 4.78 is 5.06. The second-order valence-corrected chi connectivity index (χ2v) is 6.31. The molecule has 2 aromatic rings. The summed E-state index contributed by atoms with van der Waals surface area (Å²) in [5, 5.41) is 21.9. The van der Waals surface area contributed by atoms with Gasteiger partial charge < -0.3 is 14.9 Å². The molecule has 0 spiro atoms. The molecule has 0 unspecified atom stereocenters. The third kappa shape index (κ3) is 9.75. The Labute approximate surface area is 157 Å². The average Bonchev–Trinajstić information content (AvgIpc) is 2.56. The van der Waals surface area contributed by atoms with Crippen LogP contribution in [0.25, 0.3) is 0 Å². The number of carboxylic acid groups (broad SMARTS) is 1. The summed E-state index contributed by atoms with van der Waals surface area (Å²) in [6, 6.07) is 5.16. The Morgan fingerprint density at radius 2 is 1.81 bits per heavy atom. The predicted octanol–water partition coefficient (Wildman–Crippen LogP) is 3.13. The van der Waals surface area contributed by atoms with Crippen molar-refractivity contribution in [3.63, 3.8) is 0 Å². The molecule has 27 heavy (non-hydrogen) atoms. The molecular formula is C18H24N4O5. The van der Waals surface area contributed by atoms with E-state index in [0.29, 0.717) is 17.8 Å². The van der Waals surface area contributed by atoms with Crippen molar-refractivity contribution < 1.29 is 24.5 Å². The lowest BCUT2D eigenvalue weighted by molar-refractivity contribution is 0.0636. The van der Waals surface area contributed by atoms with E-state index >= 15 is 0 Å². The lowest BCUT2D eigenvalue weighted by atomic mass is 10.2. The van der Waals surface area contributed by atoms with Gasteiger partial charge in [-0.2, -0.15) is 0 Å². The molecule has 0 fully saturated rings. The Hall–Kier alpha value is -3.20. The Morgan fingerprint density at radius 1 is 1.11 bits per heavy atom. The molecule has 9 heteroatoms. The van der Waals surface area contributed by atoms with Crippen LogP contribution < -0.4 is 10.6 Å². The van der Waals surface area contributed by atoms with E-state index in [1.165, 1.54) is 6.20 Å². The minimum Gasteiger partial charge on any atom is -0.465 e. The molecule has 146 valence electrons. The molecule has 0 aliphatic heterocycles. The van der Waals surface area contributed by atoms with Crippen LogP contribution in [0, 0.1) is 0 Å². The van der Waals surface area contributed by atoms with E-state index in [9.17, 15) is 9.59 Å². The van der Waals surface area contributed by atoms with Crippen molar-refractivity contribution in [1.82, 2.24) is 9.97 Å². The maximum Gasteiger partial charge on any atom is 0.412 e. The smallest absolute Gasteiger partial charge is 0.412 e. The Balaban J connectivity index is 0.000000271.